The van der Waals surface area contributed by atoms with E-state index in [1.165, 1.54) is 42.7 Å². The lowest BCUT2D eigenvalue weighted by molar-refractivity contribution is 0.0955. The third-order valence-corrected chi connectivity index (χ3v) is 8.42. The van der Waals surface area contributed by atoms with Crippen LogP contribution in [0.5, 0.6) is 5.75 Å². The summed E-state index contributed by atoms with van der Waals surface area (Å²) in [6, 6.07) is 12.7. The predicted molar refractivity (Wildman–Crippen MR) is 126 cm³/mol. The second-order valence-corrected chi connectivity index (χ2v) is 10.5. The number of amides is 1. The number of rotatable bonds is 6. The summed E-state index contributed by atoms with van der Waals surface area (Å²) in [7, 11) is -2.52. The molecule has 164 valence electrons. The highest BCUT2D eigenvalue weighted by Gasteiger charge is 2.24. The van der Waals surface area contributed by atoms with E-state index in [4.69, 9.17) is 27.9 Å². The van der Waals surface area contributed by atoms with Gasteiger partial charge in [-0.3, -0.25) is 9.78 Å². The van der Waals surface area contributed by atoms with Gasteiger partial charge in [0.25, 0.3) is 5.91 Å². The smallest absolute Gasteiger partial charge is 0.261 e. The molecule has 1 amide bonds. The van der Waals surface area contributed by atoms with Gasteiger partial charge in [0.2, 0.25) is 9.84 Å². The van der Waals surface area contributed by atoms with Gasteiger partial charge in [-0.15, -0.1) is 11.3 Å². The number of nitrogens with one attached hydrogen (secondary N) is 1. The standard InChI is InChI=1S/C22H16Cl2N2O4S2/c1-30-21-16(23)6-7-19(20(21)24)32(28,29)15-4-2-13(3-5-15)11-26-22(27)17-10-14-8-9-25-12-18(14)31-17/h2-10,12H,11H2,1H3,(H,26,27). The van der Waals surface area contributed by atoms with Crippen LogP contribution in [0.4, 0.5) is 0 Å². The Morgan fingerprint density at radius 3 is 2.56 bits per heavy atom. The molecule has 2 aromatic heterocycles. The number of thiophene rings is 1. The van der Waals surface area contributed by atoms with Crippen molar-refractivity contribution in [3.05, 3.63) is 81.4 Å². The summed E-state index contributed by atoms with van der Waals surface area (Å²) in [6.07, 6.45) is 3.40. The quantitative estimate of drug-likeness (QED) is 0.379. The summed E-state index contributed by atoms with van der Waals surface area (Å²) >= 11 is 13.6. The Morgan fingerprint density at radius 2 is 1.88 bits per heavy atom. The minimum atomic E-state index is -3.89. The Kier molecular flexibility index (Phi) is 6.39. The first-order valence-corrected chi connectivity index (χ1v) is 12.3. The molecule has 32 heavy (non-hydrogen) atoms. The number of benzene rings is 2. The molecule has 0 spiro atoms. The summed E-state index contributed by atoms with van der Waals surface area (Å²) in [5.74, 6) is -0.103. The Hall–Kier alpha value is -2.65. The molecule has 0 aliphatic rings. The third kappa shape index (κ3) is 4.31. The van der Waals surface area contributed by atoms with Gasteiger partial charge in [0, 0.05) is 18.9 Å². The Balaban J connectivity index is 1.50. The fourth-order valence-corrected chi connectivity index (χ4v) is 6.19. The second kappa shape index (κ2) is 9.07. The maximum absolute atomic E-state index is 13.0. The zero-order chi connectivity index (χ0) is 22.9. The van der Waals surface area contributed by atoms with Crippen molar-refractivity contribution in [3.63, 3.8) is 0 Å². The number of carbonyl (C=O) groups is 1. The largest absolute Gasteiger partial charge is 0.494 e. The number of ether oxygens (including phenoxy) is 1. The van der Waals surface area contributed by atoms with Gasteiger partial charge in [0.1, 0.15) is 5.02 Å². The highest BCUT2D eigenvalue weighted by atomic mass is 35.5. The lowest BCUT2D eigenvalue weighted by atomic mass is 10.2. The van der Waals surface area contributed by atoms with E-state index < -0.39 is 9.84 Å². The van der Waals surface area contributed by atoms with Crippen molar-refractivity contribution in [3.8, 4) is 5.75 Å². The number of nitrogens with zero attached hydrogens (tertiary/aromatic N) is 1. The molecule has 4 rings (SSSR count). The van der Waals surface area contributed by atoms with Crippen LogP contribution in [0.2, 0.25) is 10.0 Å². The van der Waals surface area contributed by atoms with Gasteiger partial charge in [-0.05, 0) is 47.3 Å². The summed E-state index contributed by atoms with van der Waals surface area (Å²) in [5, 5.41) is 3.95. The van der Waals surface area contributed by atoms with E-state index in [1.807, 2.05) is 12.1 Å². The molecule has 10 heteroatoms. The molecule has 0 bridgehead atoms. The molecular weight excluding hydrogens is 491 g/mol. The Morgan fingerprint density at radius 1 is 1.12 bits per heavy atom. The van der Waals surface area contributed by atoms with Gasteiger partial charge in [0.15, 0.2) is 5.75 Å². The number of aromatic nitrogens is 1. The first-order chi connectivity index (χ1) is 15.3. The molecule has 0 radical (unpaired) electrons. The molecule has 0 fully saturated rings. The molecule has 6 nitrogen and oxygen atoms in total. The number of methoxy groups -OCH3 is 1. The van der Waals surface area contributed by atoms with Crippen LogP contribution < -0.4 is 10.1 Å². The summed E-state index contributed by atoms with van der Waals surface area (Å²) < 4.78 is 32.1. The van der Waals surface area contributed by atoms with Crippen LogP contribution >= 0.6 is 34.5 Å². The van der Waals surface area contributed by atoms with Gasteiger partial charge in [-0.1, -0.05) is 35.3 Å². The van der Waals surface area contributed by atoms with Crippen molar-refractivity contribution in [2.75, 3.05) is 7.11 Å². The van der Waals surface area contributed by atoms with Gasteiger partial charge >= 0.3 is 0 Å². The number of pyridine rings is 1. The van der Waals surface area contributed by atoms with Crippen LogP contribution in [-0.4, -0.2) is 26.4 Å². The van der Waals surface area contributed by atoms with Gasteiger partial charge in [-0.2, -0.15) is 0 Å². The maximum Gasteiger partial charge on any atom is 0.261 e. The van der Waals surface area contributed by atoms with Crippen LogP contribution in [0.25, 0.3) is 10.1 Å². The lowest BCUT2D eigenvalue weighted by Crippen LogP contribution is -2.21. The van der Waals surface area contributed by atoms with Crippen molar-refractivity contribution in [2.24, 2.45) is 0 Å². The molecule has 0 atom stereocenters. The van der Waals surface area contributed by atoms with Crippen molar-refractivity contribution in [1.29, 1.82) is 0 Å². The van der Waals surface area contributed by atoms with Crippen LogP contribution in [0.3, 0.4) is 0 Å². The maximum atomic E-state index is 13.0. The average molecular weight is 507 g/mol. The number of halogens is 2. The second-order valence-electron chi connectivity index (χ2n) is 6.75. The molecule has 0 aliphatic heterocycles. The molecule has 0 unspecified atom stereocenters. The summed E-state index contributed by atoms with van der Waals surface area (Å²) in [4.78, 5) is 17.1. The molecule has 2 aromatic carbocycles. The van der Waals surface area contributed by atoms with E-state index in [1.54, 1.807) is 24.5 Å². The third-order valence-electron chi connectivity index (χ3n) is 4.74. The monoisotopic (exact) mass is 506 g/mol. The fraction of sp³-hybridized carbons (Fsp3) is 0.0909. The molecule has 0 saturated carbocycles. The molecule has 0 saturated heterocycles. The summed E-state index contributed by atoms with van der Waals surface area (Å²) in [6.45, 7) is 0.251. The van der Waals surface area contributed by atoms with E-state index in [-0.39, 0.29) is 38.0 Å². The highest BCUT2D eigenvalue weighted by molar-refractivity contribution is 7.91. The highest BCUT2D eigenvalue weighted by Crippen LogP contribution is 2.39. The fourth-order valence-electron chi connectivity index (χ4n) is 3.09. The van der Waals surface area contributed by atoms with Crippen LogP contribution in [0.15, 0.2) is 70.7 Å². The zero-order valence-corrected chi connectivity index (χ0v) is 19.8. The minimum Gasteiger partial charge on any atom is -0.494 e. The Bertz CT molecular complexity index is 1380. The predicted octanol–water partition coefficient (Wildman–Crippen LogP) is 5.37. The zero-order valence-electron chi connectivity index (χ0n) is 16.6. The average Bonchev–Trinajstić information content (AvgIpc) is 3.22. The van der Waals surface area contributed by atoms with Crippen LogP contribution in [0.1, 0.15) is 15.2 Å². The lowest BCUT2D eigenvalue weighted by Gasteiger charge is -2.12. The van der Waals surface area contributed by atoms with Crippen molar-refractivity contribution < 1.29 is 17.9 Å². The van der Waals surface area contributed by atoms with Crippen LogP contribution in [-0.2, 0) is 16.4 Å². The number of hydrogen-bond acceptors (Lipinski definition) is 6. The number of fused-ring (bicyclic) bond motifs is 1. The van der Waals surface area contributed by atoms with Crippen LogP contribution in [0, 0.1) is 0 Å². The SMILES string of the molecule is COc1c(Cl)ccc(S(=O)(=O)c2ccc(CNC(=O)c3cc4ccncc4s3)cc2)c1Cl. The normalized spacial score (nSPS) is 11.5. The van der Waals surface area contributed by atoms with E-state index in [9.17, 15) is 13.2 Å². The van der Waals surface area contributed by atoms with E-state index in [0.29, 0.717) is 4.88 Å². The summed E-state index contributed by atoms with van der Waals surface area (Å²) in [5.41, 5.74) is 0.750. The molecule has 4 aromatic rings. The Labute approximate surface area is 198 Å². The molecule has 1 N–H and O–H groups in total. The van der Waals surface area contributed by atoms with Gasteiger partial charge < -0.3 is 10.1 Å². The first-order valence-electron chi connectivity index (χ1n) is 9.29. The van der Waals surface area contributed by atoms with E-state index >= 15 is 0 Å². The minimum absolute atomic E-state index is 0.0656. The number of hydrogen-bond donors (Lipinski definition) is 1. The van der Waals surface area contributed by atoms with Gasteiger partial charge in [-0.25, -0.2) is 8.42 Å². The van der Waals surface area contributed by atoms with Crippen molar-refractivity contribution in [1.82, 2.24) is 10.3 Å². The van der Waals surface area contributed by atoms with Crippen molar-refractivity contribution in [2.45, 2.75) is 16.3 Å². The van der Waals surface area contributed by atoms with E-state index in [0.717, 1.165) is 15.6 Å². The molecule has 2 heterocycles. The first kappa shape index (κ1) is 22.5. The van der Waals surface area contributed by atoms with Gasteiger partial charge in [0.05, 0.1) is 31.5 Å². The van der Waals surface area contributed by atoms with E-state index in [2.05, 4.69) is 10.3 Å². The topological polar surface area (TPSA) is 85.4 Å². The molecule has 0 aliphatic carbocycles. The number of sulfone groups is 1. The molecular formula is C22H16Cl2N2O4S2. The number of carbonyl (C=O) groups excluding carboxylic acids is 1. The van der Waals surface area contributed by atoms with Crippen molar-refractivity contribution >= 4 is 60.4 Å².